The first-order valence-corrected chi connectivity index (χ1v) is 6.87. The van der Waals surface area contributed by atoms with Gasteiger partial charge in [0.2, 0.25) is 0 Å². The van der Waals surface area contributed by atoms with E-state index >= 15 is 0 Å². The van der Waals surface area contributed by atoms with Gasteiger partial charge in [-0.15, -0.1) is 0 Å². The molecule has 1 aromatic rings. The van der Waals surface area contributed by atoms with Crippen LogP contribution in [0.5, 0.6) is 0 Å². The van der Waals surface area contributed by atoms with Gasteiger partial charge in [0.05, 0.1) is 5.69 Å². The van der Waals surface area contributed by atoms with E-state index in [-0.39, 0.29) is 0 Å². The van der Waals surface area contributed by atoms with Crippen LogP contribution < -0.4 is 4.90 Å². The lowest BCUT2D eigenvalue weighted by molar-refractivity contribution is 0.784. The minimum atomic E-state index is 0.530. The fourth-order valence-electron chi connectivity index (χ4n) is 2.82. The molecule has 0 bridgehead atoms. The number of hydrogen-bond donors (Lipinski definition) is 0. The van der Waals surface area contributed by atoms with E-state index in [0.717, 1.165) is 5.92 Å². The molecule has 3 heteroatoms. The summed E-state index contributed by atoms with van der Waals surface area (Å²) in [6.45, 7) is 6.87. The van der Waals surface area contributed by atoms with Gasteiger partial charge in [0.1, 0.15) is 12.1 Å². The Morgan fingerprint density at radius 3 is 2.47 bits per heavy atom. The van der Waals surface area contributed by atoms with Crippen LogP contribution in [-0.4, -0.2) is 23.1 Å². The lowest BCUT2D eigenvalue weighted by atomic mass is 9.99. The molecule has 1 aliphatic carbocycles. The fourth-order valence-corrected chi connectivity index (χ4v) is 2.82. The Morgan fingerprint density at radius 2 is 1.88 bits per heavy atom. The van der Waals surface area contributed by atoms with Gasteiger partial charge in [0.15, 0.2) is 0 Å². The van der Waals surface area contributed by atoms with Gasteiger partial charge in [0, 0.05) is 24.6 Å². The molecular formula is C14H21N3. The Morgan fingerprint density at radius 1 is 1.18 bits per heavy atom. The summed E-state index contributed by atoms with van der Waals surface area (Å²) in [6.07, 6.45) is 7.01. The molecule has 2 fully saturated rings. The fraction of sp³-hybridized carbons (Fsp3) is 0.714. The van der Waals surface area contributed by atoms with Crippen LogP contribution in [0.15, 0.2) is 6.33 Å². The monoisotopic (exact) mass is 231 g/mol. The SMILES string of the molecule is CC(C)c1c(C2CC2)ncnc1N1CCCC1. The van der Waals surface area contributed by atoms with Crippen LogP contribution in [0, 0.1) is 0 Å². The minimum absolute atomic E-state index is 0.530. The molecule has 0 spiro atoms. The molecule has 92 valence electrons. The molecule has 2 aliphatic rings. The van der Waals surface area contributed by atoms with Crippen LogP contribution in [0.25, 0.3) is 0 Å². The summed E-state index contributed by atoms with van der Waals surface area (Å²) in [5.41, 5.74) is 2.74. The van der Waals surface area contributed by atoms with Crippen molar-refractivity contribution in [3.05, 3.63) is 17.6 Å². The molecule has 0 N–H and O–H groups in total. The van der Waals surface area contributed by atoms with Crippen LogP contribution in [0.1, 0.15) is 62.6 Å². The zero-order valence-electron chi connectivity index (χ0n) is 10.8. The lowest BCUT2D eigenvalue weighted by Gasteiger charge is -2.23. The number of anilines is 1. The van der Waals surface area contributed by atoms with Crippen LogP contribution in [0.4, 0.5) is 5.82 Å². The first-order valence-electron chi connectivity index (χ1n) is 6.87. The highest BCUT2D eigenvalue weighted by molar-refractivity contribution is 5.52. The van der Waals surface area contributed by atoms with Crippen molar-refractivity contribution in [2.45, 2.75) is 51.4 Å². The van der Waals surface area contributed by atoms with Crippen LogP contribution in [0.3, 0.4) is 0 Å². The topological polar surface area (TPSA) is 29.0 Å². The molecule has 0 aromatic carbocycles. The van der Waals surface area contributed by atoms with Crippen molar-refractivity contribution < 1.29 is 0 Å². The highest BCUT2D eigenvalue weighted by Gasteiger charge is 2.31. The Labute approximate surface area is 103 Å². The average molecular weight is 231 g/mol. The maximum atomic E-state index is 4.57. The first-order chi connectivity index (χ1) is 8.27. The van der Waals surface area contributed by atoms with Crippen molar-refractivity contribution in [1.29, 1.82) is 0 Å². The van der Waals surface area contributed by atoms with Crippen LogP contribution in [0.2, 0.25) is 0 Å². The van der Waals surface area contributed by atoms with E-state index in [2.05, 4.69) is 28.7 Å². The standard InChI is InChI=1S/C14H21N3/c1-10(2)12-13(11-5-6-11)15-9-16-14(12)17-7-3-4-8-17/h9-11H,3-8H2,1-2H3. The molecule has 17 heavy (non-hydrogen) atoms. The van der Waals surface area contributed by atoms with Gasteiger partial charge in [-0.1, -0.05) is 13.8 Å². The van der Waals surface area contributed by atoms with Crippen molar-refractivity contribution in [2.24, 2.45) is 0 Å². The Kier molecular flexibility index (Phi) is 2.77. The third-order valence-corrected chi connectivity index (χ3v) is 3.84. The molecule has 0 radical (unpaired) electrons. The van der Waals surface area contributed by atoms with Crippen molar-refractivity contribution >= 4 is 5.82 Å². The normalized spacial score (nSPS) is 20.3. The van der Waals surface area contributed by atoms with Crippen molar-refractivity contribution in [3.8, 4) is 0 Å². The largest absolute Gasteiger partial charge is 0.356 e. The second-order valence-electron chi connectivity index (χ2n) is 5.62. The van der Waals surface area contributed by atoms with E-state index in [1.54, 1.807) is 6.33 Å². The predicted molar refractivity (Wildman–Crippen MR) is 69.5 cm³/mol. The van der Waals surface area contributed by atoms with Gasteiger partial charge in [-0.2, -0.15) is 0 Å². The smallest absolute Gasteiger partial charge is 0.135 e. The zero-order valence-corrected chi connectivity index (χ0v) is 10.8. The summed E-state index contributed by atoms with van der Waals surface area (Å²) in [4.78, 5) is 11.6. The van der Waals surface area contributed by atoms with E-state index in [9.17, 15) is 0 Å². The van der Waals surface area contributed by atoms with Gasteiger partial charge < -0.3 is 4.90 Å². The quantitative estimate of drug-likeness (QED) is 0.800. The first kappa shape index (κ1) is 11.0. The molecule has 1 saturated heterocycles. The second kappa shape index (κ2) is 4.28. The summed E-state index contributed by atoms with van der Waals surface area (Å²) in [5.74, 6) is 2.47. The summed E-state index contributed by atoms with van der Waals surface area (Å²) >= 11 is 0. The molecule has 0 amide bonds. The molecule has 0 unspecified atom stereocenters. The molecule has 1 saturated carbocycles. The molecule has 0 atom stereocenters. The van der Waals surface area contributed by atoms with Crippen LogP contribution >= 0.6 is 0 Å². The van der Waals surface area contributed by atoms with Crippen molar-refractivity contribution in [2.75, 3.05) is 18.0 Å². The Bertz CT molecular complexity index is 404. The highest BCUT2D eigenvalue weighted by atomic mass is 15.2. The Hall–Kier alpha value is -1.12. The maximum absolute atomic E-state index is 4.57. The molecule has 3 nitrogen and oxygen atoms in total. The number of aromatic nitrogens is 2. The van der Waals surface area contributed by atoms with E-state index < -0.39 is 0 Å². The average Bonchev–Trinajstić information content (AvgIpc) is 3.03. The molecule has 2 heterocycles. The van der Waals surface area contributed by atoms with E-state index in [0.29, 0.717) is 5.92 Å². The number of nitrogens with zero attached hydrogens (tertiary/aromatic N) is 3. The number of hydrogen-bond acceptors (Lipinski definition) is 3. The predicted octanol–water partition coefficient (Wildman–Crippen LogP) is 3.08. The molecular weight excluding hydrogens is 210 g/mol. The van der Waals surface area contributed by atoms with Gasteiger partial charge in [-0.05, 0) is 31.6 Å². The van der Waals surface area contributed by atoms with Gasteiger partial charge in [0.25, 0.3) is 0 Å². The zero-order chi connectivity index (χ0) is 11.8. The Balaban J connectivity index is 2.03. The minimum Gasteiger partial charge on any atom is -0.356 e. The van der Waals surface area contributed by atoms with E-state index in [1.165, 1.54) is 55.8 Å². The van der Waals surface area contributed by atoms with E-state index in [1.807, 2.05) is 0 Å². The number of rotatable bonds is 3. The molecule has 3 rings (SSSR count). The van der Waals surface area contributed by atoms with Gasteiger partial charge in [-0.25, -0.2) is 9.97 Å². The molecule has 1 aliphatic heterocycles. The van der Waals surface area contributed by atoms with Gasteiger partial charge >= 0.3 is 0 Å². The van der Waals surface area contributed by atoms with Crippen molar-refractivity contribution in [3.63, 3.8) is 0 Å². The summed E-state index contributed by atoms with van der Waals surface area (Å²) in [6, 6.07) is 0. The third kappa shape index (κ3) is 2.03. The van der Waals surface area contributed by atoms with Crippen LogP contribution in [-0.2, 0) is 0 Å². The van der Waals surface area contributed by atoms with Crippen molar-refractivity contribution in [1.82, 2.24) is 9.97 Å². The molecule has 1 aromatic heterocycles. The third-order valence-electron chi connectivity index (χ3n) is 3.84. The summed E-state index contributed by atoms with van der Waals surface area (Å²) in [5, 5.41) is 0. The lowest BCUT2D eigenvalue weighted by Crippen LogP contribution is -2.22. The summed E-state index contributed by atoms with van der Waals surface area (Å²) in [7, 11) is 0. The van der Waals surface area contributed by atoms with E-state index in [4.69, 9.17) is 0 Å². The highest BCUT2D eigenvalue weighted by Crippen LogP contribution is 2.44. The van der Waals surface area contributed by atoms with Gasteiger partial charge in [-0.3, -0.25) is 0 Å². The summed E-state index contributed by atoms with van der Waals surface area (Å²) < 4.78 is 0. The maximum Gasteiger partial charge on any atom is 0.135 e. The second-order valence-corrected chi connectivity index (χ2v) is 5.62.